The summed E-state index contributed by atoms with van der Waals surface area (Å²) >= 11 is 0. The number of hydrogen-bond acceptors (Lipinski definition) is 6. The Hall–Kier alpha value is -2.46. The van der Waals surface area contributed by atoms with Gasteiger partial charge in [0.2, 0.25) is 0 Å². The minimum Gasteiger partial charge on any atom is -0.316 e. The fraction of sp³-hybridized carbons (Fsp3) is 0. The van der Waals surface area contributed by atoms with Crippen LogP contribution in [0, 0.1) is 10.1 Å². The molecule has 0 fully saturated rings. The molecule has 0 aliphatic rings. The van der Waals surface area contributed by atoms with E-state index >= 15 is 0 Å². The number of H-pyrrole nitrogens is 1. The van der Waals surface area contributed by atoms with Crippen LogP contribution in [0.4, 0.5) is 11.4 Å². The summed E-state index contributed by atoms with van der Waals surface area (Å²) in [5.74, 6) is -0.631. The Bertz CT molecular complexity index is 803. The van der Waals surface area contributed by atoms with Crippen LogP contribution in [0.5, 0.6) is 0 Å². The molecule has 1 aromatic carbocycles. The van der Waals surface area contributed by atoms with E-state index in [2.05, 4.69) is 15.5 Å². The Balaban J connectivity index is 2.40. The highest BCUT2D eigenvalue weighted by Crippen LogP contribution is 2.29. The van der Waals surface area contributed by atoms with Gasteiger partial charge in [-0.25, -0.2) is 8.42 Å². The van der Waals surface area contributed by atoms with Crippen LogP contribution in [0.15, 0.2) is 35.5 Å². The Labute approximate surface area is 122 Å². The maximum Gasteiger partial charge on any atom is 0.294 e. The number of amides is 1. The molecule has 0 aliphatic carbocycles. The molecule has 110 valence electrons. The zero-order chi connectivity index (χ0) is 15.6. The number of rotatable bonds is 4. The van der Waals surface area contributed by atoms with Crippen LogP contribution in [-0.2, 0) is 9.05 Å². The Morgan fingerprint density at radius 1 is 1.43 bits per heavy atom. The first-order valence-corrected chi connectivity index (χ1v) is 7.63. The Kier molecular flexibility index (Phi) is 3.91. The van der Waals surface area contributed by atoms with E-state index in [1.807, 2.05) is 0 Å². The number of benzene rings is 1. The molecule has 0 unspecified atom stereocenters. The van der Waals surface area contributed by atoms with Gasteiger partial charge in [-0.05, 0) is 12.1 Å². The molecule has 9 nitrogen and oxygen atoms in total. The average molecular weight is 331 g/mol. The molecule has 0 radical (unpaired) electrons. The molecular formula is C10H7ClN4O5S. The molecular weight excluding hydrogens is 324 g/mol. The van der Waals surface area contributed by atoms with Gasteiger partial charge in [0, 0.05) is 22.9 Å². The largest absolute Gasteiger partial charge is 0.316 e. The van der Waals surface area contributed by atoms with Crippen LogP contribution in [0.3, 0.4) is 0 Å². The average Bonchev–Trinajstić information content (AvgIpc) is 2.91. The molecule has 1 heterocycles. The van der Waals surface area contributed by atoms with E-state index in [1.54, 1.807) is 0 Å². The van der Waals surface area contributed by atoms with E-state index < -0.39 is 30.5 Å². The molecule has 0 bridgehead atoms. The van der Waals surface area contributed by atoms with Crippen LogP contribution < -0.4 is 5.32 Å². The van der Waals surface area contributed by atoms with Gasteiger partial charge in [-0.15, -0.1) is 0 Å². The molecule has 2 aromatic rings. The van der Waals surface area contributed by atoms with E-state index in [9.17, 15) is 23.3 Å². The number of anilines is 1. The fourth-order valence-corrected chi connectivity index (χ4v) is 2.26. The first-order valence-electron chi connectivity index (χ1n) is 5.32. The van der Waals surface area contributed by atoms with Gasteiger partial charge < -0.3 is 5.32 Å². The summed E-state index contributed by atoms with van der Waals surface area (Å²) in [5, 5.41) is 19.3. The number of aromatic amines is 1. The van der Waals surface area contributed by atoms with E-state index in [0.717, 1.165) is 18.2 Å². The number of nitro benzene ring substituents is 1. The van der Waals surface area contributed by atoms with Crippen molar-refractivity contribution in [3.63, 3.8) is 0 Å². The first kappa shape index (κ1) is 14.9. The van der Waals surface area contributed by atoms with Gasteiger partial charge in [-0.2, -0.15) is 5.10 Å². The lowest BCUT2D eigenvalue weighted by Crippen LogP contribution is -2.12. The molecule has 0 saturated carbocycles. The van der Waals surface area contributed by atoms with E-state index in [0.29, 0.717) is 0 Å². The minimum atomic E-state index is -4.11. The van der Waals surface area contributed by atoms with Crippen LogP contribution in [0.1, 0.15) is 10.4 Å². The molecule has 1 aromatic heterocycles. The SMILES string of the molecule is O=C(Nc1ccc(S(=O)(=O)Cl)cc1[N+](=O)[O-])c1cn[nH]c1. The van der Waals surface area contributed by atoms with Gasteiger partial charge in [0.05, 0.1) is 21.6 Å². The molecule has 0 saturated heterocycles. The lowest BCUT2D eigenvalue weighted by Gasteiger charge is -2.05. The van der Waals surface area contributed by atoms with Crippen molar-refractivity contribution in [3.05, 3.63) is 46.3 Å². The van der Waals surface area contributed by atoms with Crippen molar-refractivity contribution in [2.75, 3.05) is 5.32 Å². The molecule has 2 rings (SSSR count). The van der Waals surface area contributed by atoms with Crippen molar-refractivity contribution in [1.29, 1.82) is 0 Å². The molecule has 11 heteroatoms. The number of carbonyl (C=O) groups is 1. The van der Waals surface area contributed by atoms with Crippen LogP contribution >= 0.6 is 10.7 Å². The van der Waals surface area contributed by atoms with E-state index in [4.69, 9.17) is 10.7 Å². The maximum absolute atomic E-state index is 11.8. The summed E-state index contributed by atoms with van der Waals surface area (Å²) in [7, 11) is 1.02. The molecule has 21 heavy (non-hydrogen) atoms. The Morgan fingerprint density at radius 2 is 2.14 bits per heavy atom. The molecule has 0 aliphatic heterocycles. The quantitative estimate of drug-likeness (QED) is 0.495. The van der Waals surface area contributed by atoms with Gasteiger partial charge in [-0.1, -0.05) is 0 Å². The van der Waals surface area contributed by atoms with E-state index in [1.165, 1.54) is 12.4 Å². The minimum absolute atomic E-state index is 0.157. The Morgan fingerprint density at radius 3 is 2.67 bits per heavy atom. The molecule has 1 amide bonds. The van der Waals surface area contributed by atoms with Crippen molar-refractivity contribution >= 4 is 37.0 Å². The third-order valence-electron chi connectivity index (χ3n) is 2.46. The molecule has 2 N–H and O–H groups in total. The number of carbonyl (C=O) groups excluding carboxylic acids is 1. The number of nitrogens with zero attached hydrogens (tertiary/aromatic N) is 2. The van der Waals surface area contributed by atoms with Crippen molar-refractivity contribution in [2.45, 2.75) is 4.90 Å². The zero-order valence-corrected chi connectivity index (χ0v) is 11.7. The van der Waals surface area contributed by atoms with Crippen molar-refractivity contribution in [2.24, 2.45) is 0 Å². The summed E-state index contributed by atoms with van der Waals surface area (Å²) in [6, 6.07) is 2.92. The third kappa shape index (κ3) is 3.35. The van der Waals surface area contributed by atoms with Gasteiger partial charge in [0.1, 0.15) is 5.69 Å². The second-order valence-corrected chi connectivity index (χ2v) is 6.38. The number of nitro groups is 1. The van der Waals surface area contributed by atoms with E-state index in [-0.39, 0.29) is 11.3 Å². The lowest BCUT2D eigenvalue weighted by atomic mass is 10.2. The number of aromatic nitrogens is 2. The summed E-state index contributed by atoms with van der Waals surface area (Å²) in [6.45, 7) is 0. The monoisotopic (exact) mass is 330 g/mol. The second kappa shape index (κ2) is 5.50. The van der Waals surface area contributed by atoms with Gasteiger partial charge >= 0.3 is 0 Å². The lowest BCUT2D eigenvalue weighted by molar-refractivity contribution is -0.384. The second-order valence-electron chi connectivity index (χ2n) is 3.82. The summed E-state index contributed by atoms with van der Waals surface area (Å²) in [6.07, 6.45) is 2.54. The maximum atomic E-state index is 11.8. The number of halogens is 1. The predicted octanol–water partition coefficient (Wildman–Crippen LogP) is 1.50. The molecule has 0 spiro atoms. The van der Waals surface area contributed by atoms with Crippen molar-refractivity contribution in [3.8, 4) is 0 Å². The highest BCUT2D eigenvalue weighted by molar-refractivity contribution is 8.13. The summed E-state index contributed by atoms with van der Waals surface area (Å²) in [5.41, 5.74) is -0.581. The number of hydrogen-bond donors (Lipinski definition) is 2. The standard InChI is InChI=1S/C10H7ClN4O5S/c11-21(19,20)7-1-2-8(9(3-7)15(17)18)14-10(16)6-4-12-13-5-6/h1-5H,(H,12,13)(H,14,16). The first-order chi connectivity index (χ1) is 9.79. The predicted molar refractivity (Wildman–Crippen MR) is 72.7 cm³/mol. The summed E-state index contributed by atoms with van der Waals surface area (Å²) in [4.78, 5) is 21.5. The van der Waals surface area contributed by atoms with Crippen LogP contribution in [0.2, 0.25) is 0 Å². The van der Waals surface area contributed by atoms with Crippen LogP contribution in [0.25, 0.3) is 0 Å². The third-order valence-corrected chi connectivity index (χ3v) is 3.81. The van der Waals surface area contributed by atoms with Gasteiger partial charge in [-0.3, -0.25) is 20.0 Å². The van der Waals surface area contributed by atoms with Crippen molar-refractivity contribution < 1.29 is 18.1 Å². The fourth-order valence-electron chi connectivity index (χ4n) is 1.49. The van der Waals surface area contributed by atoms with Crippen molar-refractivity contribution in [1.82, 2.24) is 10.2 Å². The topological polar surface area (TPSA) is 135 Å². The smallest absolute Gasteiger partial charge is 0.294 e. The summed E-state index contributed by atoms with van der Waals surface area (Å²) < 4.78 is 22.3. The molecule has 0 atom stereocenters. The number of nitrogens with one attached hydrogen (secondary N) is 2. The zero-order valence-electron chi connectivity index (χ0n) is 10.1. The normalized spacial score (nSPS) is 11.1. The van der Waals surface area contributed by atoms with Gasteiger partial charge in [0.15, 0.2) is 0 Å². The highest BCUT2D eigenvalue weighted by atomic mass is 35.7. The van der Waals surface area contributed by atoms with Crippen LogP contribution in [-0.4, -0.2) is 29.4 Å². The highest BCUT2D eigenvalue weighted by Gasteiger charge is 2.21. The van der Waals surface area contributed by atoms with Gasteiger partial charge in [0.25, 0.3) is 20.6 Å².